The van der Waals surface area contributed by atoms with Crippen LogP contribution in [0, 0.1) is 16.7 Å². The van der Waals surface area contributed by atoms with Crippen LogP contribution in [-0.2, 0) is 4.74 Å². The molecule has 1 aliphatic heterocycles. The first-order valence-electron chi connectivity index (χ1n) is 8.89. The molecule has 8 heteroatoms. The first-order valence-corrected chi connectivity index (χ1v) is 8.89. The molecule has 146 valence electrons. The van der Waals surface area contributed by atoms with E-state index in [2.05, 4.69) is 10.8 Å². The van der Waals surface area contributed by atoms with E-state index in [-0.39, 0.29) is 5.41 Å². The molecule has 27 heavy (non-hydrogen) atoms. The van der Waals surface area contributed by atoms with Gasteiger partial charge in [-0.2, -0.15) is 18.4 Å². The molecule has 0 aromatic heterocycles. The molecule has 1 atom stereocenters. The van der Waals surface area contributed by atoms with Gasteiger partial charge in [0.15, 0.2) is 0 Å². The van der Waals surface area contributed by atoms with Crippen molar-refractivity contribution in [2.75, 3.05) is 19.7 Å². The van der Waals surface area contributed by atoms with Crippen molar-refractivity contribution in [3.8, 4) is 6.07 Å². The predicted octanol–water partition coefficient (Wildman–Crippen LogP) is 3.58. The Hall–Kier alpha value is -2.27. The molecule has 0 bridgehead atoms. The Morgan fingerprint density at radius 3 is 2.59 bits per heavy atom. The van der Waals surface area contributed by atoms with Crippen molar-refractivity contribution in [2.45, 2.75) is 43.9 Å². The summed E-state index contributed by atoms with van der Waals surface area (Å²) < 4.78 is 42.3. The number of ether oxygens (including phenoxy) is 1. The molecule has 3 rings (SSSR count). The van der Waals surface area contributed by atoms with Crippen LogP contribution in [0.1, 0.15) is 42.7 Å². The van der Waals surface area contributed by atoms with Crippen molar-refractivity contribution < 1.29 is 27.8 Å². The minimum Gasteiger partial charge on any atom is -0.434 e. The first kappa shape index (κ1) is 19.5. The van der Waals surface area contributed by atoms with Gasteiger partial charge in [-0.25, -0.2) is 4.79 Å². The number of rotatable bonds is 3. The number of hydrogen-bond acceptors (Lipinski definition) is 4. The highest BCUT2D eigenvalue weighted by Gasteiger charge is 2.48. The van der Waals surface area contributed by atoms with Crippen molar-refractivity contribution in [2.24, 2.45) is 5.41 Å². The molecule has 1 saturated heterocycles. The molecule has 0 radical (unpaired) electrons. The smallest absolute Gasteiger partial charge is 0.427 e. The van der Waals surface area contributed by atoms with E-state index >= 15 is 0 Å². The molecule has 1 saturated carbocycles. The number of aliphatic hydroxyl groups excluding tert-OH is 1. The van der Waals surface area contributed by atoms with Gasteiger partial charge in [0.05, 0.1) is 18.2 Å². The Morgan fingerprint density at radius 2 is 2.04 bits per heavy atom. The lowest BCUT2D eigenvalue weighted by atomic mass is 9.56. The maximum absolute atomic E-state index is 12.6. The molecular weight excluding hydrogens is 361 g/mol. The van der Waals surface area contributed by atoms with Gasteiger partial charge in [0.2, 0.25) is 6.10 Å². The van der Waals surface area contributed by atoms with Gasteiger partial charge in [0, 0.05) is 13.1 Å². The average Bonchev–Trinajstić information content (AvgIpc) is 2.63. The molecular formula is C19H21F3N2O3. The molecule has 1 N–H and O–H groups in total. The van der Waals surface area contributed by atoms with E-state index in [4.69, 9.17) is 10.4 Å². The minimum atomic E-state index is -4.78. The van der Waals surface area contributed by atoms with Crippen LogP contribution in [0.4, 0.5) is 18.0 Å². The number of benzene rings is 1. The van der Waals surface area contributed by atoms with Crippen molar-refractivity contribution in [3.05, 3.63) is 35.4 Å². The maximum atomic E-state index is 12.6. The van der Waals surface area contributed by atoms with Crippen molar-refractivity contribution >= 4 is 6.09 Å². The van der Waals surface area contributed by atoms with Gasteiger partial charge in [0.25, 0.3) is 0 Å². The van der Waals surface area contributed by atoms with E-state index in [1.165, 1.54) is 4.90 Å². The largest absolute Gasteiger partial charge is 0.434 e. The van der Waals surface area contributed by atoms with Crippen molar-refractivity contribution in [1.82, 2.24) is 4.90 Å². The molecule has 5 nitrogen and oxygen atoms in total. The predicted molar refractivity (Wildman–Crippen MR) is 89.8 cm³/mol. The summed E-state index contributed by atoms with van der Waals surface area (Å²) in [5, 5.41) is 17.8. The Morgan fingerprint density at radius 1 is 1.37 bits per heavy atom. The fraction of sp³-hybridized carbons (Fsp3) is 0.579. The number of hydrogen-bond donors (Lipinski definition) is 1. The zero-order valence-electron chi connectivity index (χ0n) is 14.7. The Kier molecular flexibility index (Phi) is 5.33. The Balaban J connectivity index is 1.51. The second kappa shape index (κ2) is 7.39. The van der Waals surface area contributed by atoms with Crippen LogP contribution in [0.3, 0.4) is 0 Å². The number of piperidine rings is 1. The van der Waals surface area contributed by atoms with E-state index in [0.29, 0.717) is 37.4 Å². The van der Waals surface area contributed by atoms with Gasteiger partial charge in [-0.05, 0) is 54.7 Å². The number of carbonyl (C=O) groups is 1. The molecule has 1 heterocycles. The second-order valence-corrected chi connectivity index (χ2v) is 7.43. The second-order valence-electron chi connectivity index (χ2n) is 7.43. The number of amides is 1. The Labute approximate surface area is 155 Å². The lowest BCUT2D eigenvalue weighted by molar-refractivity contribution is -0.215. The third-order valence-corrected chi connectivity index (χ3v) is 5.70. The number of aliphatic hydroxyl groups is 1. The highest BCUT2D eigenvalue weighted by Crippen LogP contribution is 2.56. The number of alkyl halides is 3. The van der Waals surface area contributed by atoms with Crippen LogP contribution in [0.25, 0.3) is 0 Å². The van der Waals surface area contributed by atoms with Gasteiger partial charge in [0.1, 0.15) is 0 Å². The topological polar surface area (TPSA) is 73.6 Å². The van der Waals surface area contributed by atoms with Crippen LogP contribution < -0.4 is 0 Å². The van der Waals surface area contributed by atoms with Gasteiger partial charge in [-0.15, -0.1) is 0 Å². The summed E-state index contributed by atoms with van der Waals surface area (Å²) >= 11 is 0. The zero-order chi connectivity index (χ0) is 19.7. The molecule has 1 amide bonds. The summed E-state index contributed by atoms with van der Waals surface area (Å²) in [7, 11) is 0. The number of halogens is 3. The molecule has 1 aliphatic carbocycles. The molecule has 1 aromatic carbocycles. The summed E-state index contributed by atoms with van der Waals surface area (Å²) in [6, 6.07) is 9.68. The third-order valence-electron chi connectivity index (χ3n) is 5.70. The maximum Gasteiger partial charge on any atom is 0.427 e. The number of nitrogens with zero attached hydrogens (tertiary/aromatic N) is 2. The van der Waals surface area contributed by atoms with Crippen LogP contribution in [0.5, 0.6) is 0 Å². The highest BCUT2D eigenvalue weighted by atomic mass is 19.4. The van der Waals surface area contributed by atoms with Crippen LogP contribution in [0.15, 0.2) is 24.3 Å². The number of likely N-dealkylation sites (tertiary alicyclic amines) is 1. The summed E-state index contributed by atoms with van der Waals surface area (Å²) in [6.07, 6.45) is -4.96. The van der Waals surface area contributed by atoms with E-state index in [1.807, 2.05) is 18.2 Å². The number of carbonyl (C=O) groups excluding carboxylic acids is 1. The SMILES string of the molecule is N#Cc1cccc(C2CC3(CCN(C(=O)O[C@H](CO)C(F)(F)F)CC3)C2)c1. The van der Waals surface area contributed by atoms with Crippen molar-refractivity contribution in [3.63, 3.8) is 0 Å². The fourth-order valence-corrected chi connectivity index (χ4v) is 4.06. The van der Waals surface area contributed by atoms with Crippen molar-refractivity contribution in [1.29, 1.82) is 5.26 Å². The quantitative estimate of drug-likeness (QED) is 0.867. The van der Waals surface area contributed by atoms with Crippen LogP contribution in [-0.4, -0.2) is 48.1 Å². The number of nitriles is 1. The molecule has 2 fully saturated rings. The normalized spacial score (nSPS) is 20.6. The summed E-state index contributed by atoms with van der Waals surface area (Å²) in [4.78, 5) is 13.2. The highest BCUT2D eigenvalue weighted by molar-refractivity contribution is 5.68. The van der Waals surface area contributed by atoms with E-state index < -0.39 is 25.0 Å². The molecule has 2 aliphatic rings. The van der Waals surface area contributed by atoms with E-state index in [0.717, 1.165) is 18.4 Å². The molecule has 0 unspecified atom stereocenters. The third kappa shape index (κ3) is 4.19. The van der Waals surface area contributed by atoms with E-state index in [9.17, 15) is 18.0 Å². The van der Waals surface area contributed by atoms with Crippen LogP contribution >= 0.6 is 0 Å². The fourth-order valence-electron chi connectivity index (χ4n) is 4.06. The first-order chi connectivity index (χ1) is 12.8. The lowest BCUT2D eigenvalue weighted by Crippen LogP contribution is -2.49. The van der Waals surface area contributed by atoms with Gasteiger partial charge in [-0.1, -0.05) is 12.1 Å². The van der Waals surface area contributed by atoms with Gasteiger partial charge >= 0.3 is 12.3 Å². The summed E-state index contributed by atoms with van der Waals surface area (Å²) in [5.74, 6) is 0.376. The lowest BCUT2D eigenvalue weighted by Gasteiger charge is -2.52. The average molecular weight is 382 g/mol. The Bertz CT molecular complexity index is 728. The summed E-state index contributed by atoms with van der Waals surface area (Å²) in [5.41, 5.74) is 1.87. The van der Waals surface area contributed by atoms with Gasteiger partial charge in [-0.3, -0.25) is 0 Å². The van der Waals surface area contributed by atoms with Gasteiger partial charge < -0.3 is 14.7 Å². The standard InChI is InChI=1S/C19H21F3N2O3/c20-19(21,22)16(12-25)27-17(26)24-6-4-18(5-7-24)9-15(10-18)14-3-1-2-13(8-14)11-23/h1-3,8,15-16,25H,4-7,9-10,12H2/t16-/m1/s1. The minimum absolute atomic E-state index is 0.102. The molecule has 1 spiro atoms. The van der Waals surface area contributed by atoms with E-state index in [1.54, 1.807) is 6.07 Å². The monoisotopic (exact) mass is 382 g/mol. The van der Waals surface area contributed by atoms with Crippen LogP contribution in [0.2, 0.25) is 0 Å². The molecule has 1 aromatic rings. The zero-order valence-corrected chi connectivity index (χ0v) is 14.7. The summed E-state index contributed by atoms with van der Waals surface area (Å²) in [6.45, 7) is -0.587.